The molecule has 2 rings (SSSR count). The van der Waals surface area contributed by atoms with E-state index in [0.717, 1.165) is 17.0 Å². The van der Waals surface area contributed by atoms with E-state index in [2.05, 4.69) is 5.32 Å². The van der Waals surface area contributed by atoms with E-state index in [-0.39, 0.29) is 0 Å². The van der Waals surface area contributed by atoms with Gasteiger partial charge in [-0.05, 0) is 23.6 Å². The van der Waals surface area contributed by atoms with E-state index in [1.165, 1.54) is 0 Å². The molecule has 1 amide bonds. The van der Waals surface area contributed by atoms with Gasteiger partial charge in [-0.15, -0.1) is 11.3 Å². The molecule has 0 bridgehead atoms. The average molecular weight is 206 g/mol. The molecule has 0 saturated carbocycles. The van der Waals surface area contributed by atoms with E-state index in [1.54, 1.807) is 11.3 Å². The highest BCUT2D eigenvalue weighted by molar-refractivity contribution is 7.12. The SMILES string of the molecule is O=CNCc1ccsc1-n1cccc1. The Balaban J connectivity index is 2.26. The van der Waals surface area contributed by atoms with Crippen LogP contribution in [0.25, 0.3) is 5.00 Å². The number of carbonyl (C=O) groups is 1. The van der Waals surface area contributed by atoms with Crippen molar-refractivity contribution in [3.63, 3.8) is 0 Å². The van der Waals surface area contributed by atoms with Gasteiger partial charge in [0.15, 0.2) is 0 Å². The maximum atomic E-state index is 10.2. The highest BCUT2D eigenvalue weighted by Gasteiger charge is 2.04. The van der Waals surface area contributed by atoms with Crippen LogP contribution in [0.5, 0.6) is 0 Å². The molecule has 2 heterocycles. The zero-order chi connectivity index (χ0) is 9.80. The molecule has 0 aromatic carbocycles. The molecule has 0 saturated heterocycles. The lowest BCUT2D eigenvalue weighted by Crippen LogP contribution is -2.10. The van der Waals surface area contributed by atoms with Crippen molar-refractivity contribution >= 4 is 17.7 Å². The Morgan fingerprint density at radius 2 is 2.21 bits per heavy atom. The third-order valence-electron chi connectivity index (χ3n) is 1.94. The third-order valence-corrected chi connectivity index (χ3v) is 2.91. The fraction of sp³-hybridized carbons (Fsp3) is 0.100. The van der Waals surface area contributed by atoms with Crippen molar-refractivity contribution in [1.29, 1.82) is 0 Å². The van der Waals surface area contributed by atoms with Crippen molar-refractivity contribution in [1.82, 2.24) is 9.88 Å². The smallest absolute Gasteiger partial charge is 0.207 e. The molecule has 4 heteroatoms. The number of carbonyl (C=O) groups excluding carboxylic acids is 1. The molecular formula is C10H10N2OS. The summed E-state index contributed by atoms with van der Waals surface area (Å²) in [4.78, 5) is 10.2. The van der Waals surface area contributed by atoms with E-state index in [9.17, 15) is 4.79 Å². The largest absolute Gasteiger partial charge is 0.354 e. The van der Waals surface area contributed by atoms with Crippen LogP contribution in [0.3, 0.4) is 0 Å². The van der Waals surface area contributed by atoms with Gasteiger partial charge in [-0.1, -0.05) is 0 Å². The minimum atomic E-state index is 0.584. The van der Waals surface area contributed by atoms with E-state index in [1.807, 2.05) is 40.5 Å². The topological polar surface area (TPSA) is 34.0 Å². The van der Waals surface area contributed by atoms with E-state index >= 15 is 0 Å². The quantitative estimate of drug-likeness (QED) is 0.760. The molecule has 0 unspecified atom stereocenters. The molecule has 72 valence electrons. The molecule has 0 aliphatic heterocycles. The number of nitrogens with zero attached hydrogens (tertiary/aromatic N) is 1. The number of hydrogen-bond acceptors (Lipinski definition) is 2. The Hall–Kier alpha value is -1.55. The van der Waals surface area contributed by atoms with Crippen LogP contribution in [0.1, 0.15) is 5.56 Å². The molecule has 3 nitrogen and oxygen atoms in total. The molecule has 2 aromatic rings. The van der Waals surface area contributed by atoms with Crippen LogP contribution in [0.15, 0.2) is 36.0 Å². The summed E-state index contributed by atoms with van der Waals surface area (Å²) in [5.41, 5.74) is 1.14. The number of hydrogen-bond donors (Lipinski definition) is 1. The summed E-state index contributed by atoms with van der Waals surface area (Å²) in [5.74, 6) is 0. The van der Waals surface area contributed by atoms with Gasteiger partial charge >= 0.3 is 0 Å². The Morgan fingerprint density at radius 3 is 2.93 bits per heavy atom. The van der Waals surface area contributed by atoms with Crippen LogP contribution >= 0.6 is 11.3 Å². The molecule has 0 radical (unpaired) electrons. The van der Waals surface area contributed by atoms with Crippen LogP contribution < -0.4 is 5.32 Å². The van der Waals surface area contributed by atoms with Gasteiger partial charge in [0, 0.05) is 24.5 Å². The zero-order valence-corrected chi connectivity index (χ0v) is 8.33. The van der Waals surface area contributed by atoms with Gasteiger partial charge in [-0.3, -0.25) is 4.79 Å². The zero-order valence-electron chi connectivity index (χ0n) is 7.51. The molecule has 1 N–H and O–H groups in total. The first-order chi connectivity index (χ1) is 6.92. The Labute approximate surface area is 86.0 Å². The first-order valence-corrected chi connectivity index (χ1v) is 5.16. The number of rotatable bonds is 4. The molecular weight excluding hydrogens is 196 g/mol. The summed E-state index contributed by atoms with van der Waals surface area (Å²) < 4.78 is 2.05. The molecule has 0 aliphatic carbocycles. The first kappa shape index (κ1) is 9.02. The Morgan fingerprint density at radius 1 is 1.43 bits per heavy atom. The van der Waals surface area contributed by atoms with Gasteiger partial charge in [0.25, 0.3) is 0 Å². The molecule has 14 heavy (non-hydrogen) atoms. The fourth-order valence-corrected chi connectivity index (χ4v) is 2.21. The maximum absolute atomic E-state index is 10.2. The van der Waals surface area contributed by atoms with Crippen molar-refractivity contribution in [3.05, 3.63) is 41.5 Å². The molecule has 0 atom stereocenters. The highest BCUT2D eigenvalue weighted by atomic mass is 32.1. The summed E-state index contributed by atoms with van der Waals surface area (Å²) in [6, 6.07) is 5.99. The predicted octanol–water partition coefficient (Wildman–Crippen LogP) is 1.78. The van der Waals surface area contributed by atoms with E-state index < -0.39 is 0 Å². The summed E-state index contributed by atoms with van der Waals surface area (Å²) >= 11 is 1.66. The van der Waals surface area contributed by atoms with Crippen molar-refractivity contribution in [2.24, 2.45) is 0 Å². The second kappa shape index (κ2) is 4.11. The van der Waals surface area contributed by atoms with Crippen LogP contribution in [0.2, 0.25) is 0 Å². The number of nitrogens with one attached hydrogen (secondary N) is 1. The highest BCUT2D eigenvalue weighted by Crippen LogP contribution is 2.21. The summed E-state index contributed by atoms with van der Waals surface area (Å²) in [7, 11) is 0. The summed E-state index contributed by atoms with van der Waals surface area (Å²) in [6.45, 7) is 0.584. The van der Waals surface area contributed by atoms with Crippen LogP contribution in [-0.4, -0.2) is 11.0 Å². The van der Waals surface area contributed by atoms with Crippen LogP contribution in [0.4, 0.5) is 0 Å². The van der Waals surface area contributed by atoms with Gasteiger partial charge in [0.05, 0.1) is 0 Å². The fourth-order valence-electron chi connectivity index (χ4n) is 1.31. The van der Waals surface area contributed by atoms with Gasteiger partial charge in [-0.25, -0.2) is 0 Å². The number of thiophene rings is 1. The van der Waals surface area contributed by atoms with Crippen molar-refractivity contribution < 1.29 is 4.79 Å². The van der Waals surface area contributed by atoms with Crippen molar-refractivity contribution in [2.45, 2.75) is 6.54 Å². The van der Waals surface area contributed by atoms with Crippen LogP contribution in [-0.2, 0) is 11.3 Å². The lowest BCUT2D eigenvalue weighted by molar-refractivity contribution is -0.109. The minimum Gasteiger partial charge on any atom is -0.354 e. The molecule has 2 aromatic heterocycles. The lowest BCUT2D eigenvalue weighted by atomic mass is 10.3. The average Bonchev–Trinajstić information content (AvgIpc) is 2.84. The summed E-state index contributed by atoms with van der Waals surface area (Å²) in [6.07, 6.45) is 4.71. The standard InChI is InChI=1S/C10H10N2OS/c13-8-11-7-9-3-6-14-10(9)12-4-1-2-5-12/h1-6,8H,7H2,(H,11,13). The van der Waals surface area contributed by atoms with Crippen molar-refractivity contribution in [3.8, 4) is 5.00 Å². The van der Waals surface area contributed by atoms with E-state index in [0.29, 0.717) is 6.54 Å². The Bertz CT molecular complexity index is 405. The second-order valence-corrected chi connectivity index (χ2v) is 3.73. The predicted molar refractivity (Wildman–Crippen MR) is 56.5 cm³/mol. The molecule has 0 spiro atoms. The van der Waals surface area contributed by atoms with Crippen molar-refractivity contribution in [2.75, 3.05) is 0 Å². The summed E-state index contributed by atoms with van der Waals surface area (Å²) in [5, 5.41) is 5.85. The monoisotopic (exact) mass is 206 g/mol. The van der Waals surface area contributed by atoms with Gasteiger partial charge in [-0.2, -0.15) is 0 Å². The minimum absolute atomic E-state index is 0.584. The maximum Gasteiger partial charge on any atom is 0.207 e. The van der Waals surface area contributed by atoms with Gasteiger partial charge in [0.1, 0.15) is 5.00 Å². The third kappa shape index (κ3) is 1.70. The molecule has 0 fully saturated rings. The Kier molecular flexibility index (Phi) is 2.65. The van der Waals surface area contributed by atoms with Gasteiger partial charge < -0.3 is 9.88 Å². The second-order valence-electron chi connectivity index (χ2n) is 2.84. The number of amides is 1. The number of aromatic nitrogens is 1. The van der Waals surface area contributed by atoms with E-state index in [4.69, 9.17) is 0 Å². The lowest BCUT2D eigenvalue weighted by Gasteiger charge is -2.03. The molecule has 0 aliphatic rings. The van der Waals surface area contributed by atoms with Gasteiger partial charge in [0.2, 0.25) is 6.41 Å². The first-order valence-electron chi connectivity index (χ1n) is 4.28. The normalized spacial score (nSPS) is 10.0. The van der Waals surface area contributed by atoms with Crippen LogP contribution in [0, 0.1) is 0 Å².